The fourth-order valence-electron chi connectivity index (χ4n) is 2.64. The summed E-state index contributed by atoms with van der Waals surface area (Å²) in [5.74, 6) is -1.06. The summed E-state index contributed by atoms with van der Waals surface area (Å²) in [6.07, 6.45) is 2.81. The molecule has 1 aromatic heterocycles. The molecule has 7 heteroatoms. The van der Waals surface area contributed by atoms with Crippen molar-refractivity contribution in [3.8, 4) is 11.1 Å². The van der Waals surface area contributed by atoms with Crippen molar-refractivity contribution >= 4 is 16.0 Å². The van der Waals surface area contributed by atoms with Crippen LogP contribution >= 0.6 is 0 Å². The number of carbonyl (C=O) groups is 1. The Labute approximate surface area is 157 Å². The van der Waals surface area contributed by atoms with E-state index in [1.807, 2.05) is 30.3 Å². The molecule has 0 fully saturated rings. The third-order valence-electron chi connectivity index (χ3n) is 4.13. The number of aromatic nitrogens is 1. The quantitative estimate of drug-likeness (QED) is 0.707. The highest BCUT2D eigenvalue weighted by molar-refractivity contribution is 7.89. The molecule has 2 aromatic carbocycles. The highest BCUT2D eigenvalue weighted by Gasteiger charge is 2.21. The fraction of sp³-hybridized carbons (Fsp3) is 0.100. The Kier molecular flexibility index (Phi) is 5.34. The van der Waals surface area contributed by atoms with E-state index in [2.05, 4.69) is 4.98 Å². The second-order valence-electron chi connectivity index (χ2n) is 6.04. The van der Waals surface area contributed by atoms with Gasteiger partial charge in [0.2, 0.25) is 10.0 Å². The molecule has 0 saturated carbocycles. The Balaban J connectivity index is 1.83. The SMILES string of the molecule is CN(Cc1ccccc1)S(=O)(=O)c1ccc(-c2cncc(C(=O)O)c2)cc1. The number of carboxylic acids is 1. The van der Waals surface area contributed by atoms with Crippen molar-refractivity contribution in [2.75, 3.05) is 7.05 Å². The van der Waals surface area contributed by atoms with Crippen LogP contribution in [0.25, 0.3) is 11.1 Å². The number of aromatic carboxylic acids is 1. The molecule has 0 spiro atoms. The lowest BCUT2D eigenvalue weighted by Crippen LogP contribution is -2.26. The van der Waals surface area contributed by atoms with Crippen LogP contribution in [0.15, 0.2) is 78.0 Å². The molecule has 3 aromatic rings. The third-order valence-corrected chi connectivity index (χ3v) is 5.95. The first-order valence-electron chi connectivity index (χ1n) is 8.17. The zero-order valence-corrected chi connectivity index (χ0v) is 15.4. The average molecular weight is 382 g/mol. The molecule has 0 radical (unpaired) electrons. The van der Waals surface area contributed by atoms with E-state index >= 15 is 0 Å². The normalized spacial score (nSPS) is 11.5. The maximum absolute atomic E-state index is 12.8. The Bertz CT molecular complexity index is 1050. The van der Waals surface area contributed by atoms with Gasteiger partial charge in [-0.05, 0) is 29.3 Å². The second kappa shape index (κ2) is 7.69. The van der Waals surface area contributed by atoms with Crippen molar-refractivity contribution in [2.24, 2.45) is 0 Å². The van der Waals surface area contributed by atoms with Gasteiger partial charge in [-0.25, -0.2) is 13.2 Å². The predicted octanol–water partition coefficient (Wildman–Crippen LogP) is 3.27. The Morgan fingerprint density at radius 1 is 1.00 bits per heavy atom. The minimum atomic E-state index is -3.63. The first-order valence-corrected chi connectivity index (χ1v) is 9.61. The van der Waals surface area contributed by atoms with Crippen LogP contribution in [0.2, 0.25) is 0 Å². The first-order chi connectivity index (χ1) is 12.9. The molecule has 0 bridgehead atoms. The lowest BCUT2D eigenvalue weighted by atomic mass is 10.1. The average Bonchev–Trinajstić information content (AvgIpc) is 2.69. The number of rotatable bonds is 6. The van der Waals surface area contributed by atoms with E-state index < -0.39 is 16.0 Å². The summed E-state index contributed by atoms with van der Waals surface area (Å²) < 4.78 is 26.8. The molecular formula is C20H18N2O4S. The summed E-state index contributed by atoms with van der Waals surface area (Å²) in [7, 11) is -2.10. The van der Waals surface area contributed by atoms with Gasteiger partial charge in [-0.1, -0.05) is 42.5 Å². The largest absolute Gasteiger partial charge is 0.478 e. The van der Waals surface area contributed by atoms with Gasteiger partial charge >= 0.3 is 5.97 Å². The third kappa shape index (κ3) is 4.21. The van der Waals surface area contributed by atoms with Crippen LogP contribution in [0.5, 0.6) is 0 Å². The van der Waals surface area contributed by atoms with Gasteiger partial charge in [-0.2, -0.15) is 4.31 Å². The van der Waals surface area contributed by atoms with Crippen molar-refractivity contribution in [3.05, 3.63) is 84.2 Å². The summed E-state index contributed by atoms with van der Waals surface area (Å²) in [6, 6.07) is 17.2. The molecule has 27 heavy (non-hydrogen) atoms. The van der Waals surface area contributed by atoms with Gasteiger partial charge in [-0.15, -0.1) is 0 Å². The monoisotopic (exact) mass is 382 g/mol. The minimum absolute atomic E-state index is 0.0757. The lowest BCUT2D eigenvalue weighted by molar-refractivity contribution is 0.0696. The summed E-state index contributed by atoms with van der Waals surface area (Å²) in [6.45, 7) is 0.273. The summed E-state index contributed by atoms with van der Waals surface area (Å²) in [4.78, 5) is 15.2. The summed E-state index contributed by atoms with van der Waals surface area (Å²) >= 11 is 0. The maximum atomic E-state index is 12.8. The van der Waals surface area contributed by atoms with Crippen molar-refractivity contribution in [1.29, 1.82) is 0 Å². The lowest BCUT2D eigenvalue weighted by Gasteiger charge is -2.17. The van der Waals surface area contributed by atoms with E-state index in [-0.39, 0.29) is 17.0 Å². The molecule has 6 nitrogen and oxygen atoms in total. The molecule has 0 amide bonds. The molecular weight excluding hydrogens is 364 g/mol. The summed E-state index contributed by atoms with van der Waals surface area (Å²) in [5.41, 5.74) is 2.27. The van der Waals surface area contributed by atoms with Gasteiger partial charge in [0.25, 0.3) is 0 Å². The van der Waals surface area contributed by atoms with Crippen LogP contribution in [0, 0.1) is 0 Å². The minimum Gasteiger partial charge on any atom is -0.478 e. The van der Waals surface area contributed by atoms with Gasteiger partial charge in [0.05, 0.1) is 10.5 Å². The zero-order chi connectivity index (χ0) is 19.4. The highest BCUT2D eigenvalue weighted by Crippen LogP contribution is 2.23. The van der Waals surface area contributed by atoms with Gasteiger partial charge < -0.3 is 5.11 Å². The van der Waals surface area contributed by atoms with E-state index in [9.17, 15) is 13.2 Å². The van der Waals surface area contributed by atoms with Crippen molar-refractivity contribution < 1.29 is 18.3 Å². The van der Waals surface area contributed by atoms with Crippen molar-refractivity contribution in [2.45, 2.75) is 11.4 Å². The number of hydrogen-bond donors (Lipinski definition) is 1. The van der Waals surface area contributed by atoms with Crippen molar-refractivity contribution in [1.82, 2.24) is 9.29 Å². The van der Waals surface area contributed by atoms with Gasteiger partial charge in [0, 0.05) is 31.5 Å². The molecule has 0 aliphatic heterocycles. The van der Waals surface area contributed by atoms with E-state index in [1.165, 1.54) is 41.9 Å². The Morgan fingerprint density at radius 3 is 2.30 bits per heavy atom. The fourth-order valence-corrected chi connectivity index (χ4v) is 3.80. The smallest absolute Gasteiger partial charge is 0.337 e. The first kappa shape index (κ1) is 18.8. The van der Waals surface area contributed by atoms with E-state index in [0.29, 0.717) is 11.1 Å². The molecule has 0 unspecified atom stereocenters. The van der Waals surface area contributed by atoms with Crippen LogP contribution in [0.4, 0.5) is 0 Å². The van der Waals surface area contributed by atoms with Gasteiger partial charge in [0.15, 0.2) is 0 Å². The number of benzene rings is 2. The molecule has 1 N–H and O–H groups in total. The Hall–Kier alpha value is -3.03. The highest BCUT2D eigenvalue weighted by atomic mass is 32.2. The standard InChI is InChI=1S/C20H18N2O4S/c1-22(14-15-5-3-2-4-6-15)27(25,26)19-9-7-16(8-10-19)17-11-18(20(23)24)13-21-12-17/h2-13H,14H2,1H3,(H,23,24). The number of carboxylic acid groups (broad SMARTS) is 1. The molecule has 0 saturated heterocycles. The van der Waals surface area contributed by atoms with Crippen molar-refractivity contribution in [3.63, 3.8) is 0 Å². The molecule has 1 heterocycles. The summed E-state index contributed by atoms with van der Waals surface area (Å²) in [5, 5.41) is 9.06. The van der Waals surface area contributed by atoms with Crippen LogP contribution in [0.3, 0.4) is 0 Å². The van der Waals surface area contributed by atoms with Gasteiger partial charge in [0.1, 0.15) is 0 Å². The van der Waals surface area contributed by atoms with E-state index in [4.69, 9.17) is 5.11 Å². The number of hydrogen-bond acceptors (Lipinski definition) is 4. The number of nitrogens with zero attached hydrogens (tertiary/aromatic N) is 2. The van der Waals surface area contributed by atoms with Gasteiger partial charge in [-0.3, -0.25) is 4.98 Å². The van der Waals surface area contributed by atoms with Crippen LogP contribution < -0.4 is 0 Å². The molecule has 3 rings (SSSR count). The second-order valence-corrected chi connectivity index (χ2v) is 8.08. The Morgan fingerprint density at radius 2 is 1.67 bits per heavy atom. The number of pyridine rings is 1. The van der Waals surface area contributed by atoms with E-state index in [1.54, 1.807) is 12.1 Å². The molecule has 0 aliphatic carbocycles. The number of sulfonamides is 1. The predicted molar refractivity (Wildman–Crippen MR) is 102 cm³/mol. The molecule has 0 aliphatic rings. The van der Waals surface area contributed by atoms with Crippen LogP contribution in [-0.4, -0.2) is 35.8 Å². The maximum Gasteiger partial charge on any atom is 0.337 e. The zero-order valence-electron chi connectivity index (χ0n) is 14.6. The molecule has 138 valence electrons. The topological polar surface area (TPSA) is 87.6 Å². The van der Waals surface area contributed by atoms with E-state index in [0.717, 1.165) is 5.56 Å². The molecule has 0 atom stereocenters. The van der Waals surface area contributed by atoms with Crippen LogP contribution in [-0.2, 0) is 16.6 Å². The van der Waals surface area contributed by atoms with Crippen LogP contribution in [0.1, 0.15) is 15.9 Å².